The van der Waals surface area contributed by atoms with Gasteiger partial charge >= 0.3 is 5.97 Å². The van der Waals surface area contributed by atoms with Crippen molar-refractivity contribution in [1.29, 1.82) is 0 Å². The van der Waals surface area contributed by atoms with Gasteiger partial charge < -0.3 is 5.11 Å². The van der Waals surface area contributed by atoms with E-state index in [1.54, 1.807) is 0 Å². The van der Waals surface area contributed by atoms with Gasteiger partial charge in [-0.2, -0.15) is 0 Å². The average Bonchev–Trinajstić information content (AvgIpc) is 3.00. The average molecular weight is 280 g/mol. The molecular formula is C18H32O2. The van der Waals surface area contributed by atoms with Gasteiger partial charge in [0.2, 0.25) is 0 Å². The molecule has 2 atom stereocenters. The zero-order valence-corrected chi connectivity index (χ0v) is 13.2. The summed E-state index contributed by atoms with van der Waals surface area (Å²) in [6, 6.07) is 0. The largest absolute Gasteiger partial charge is 0.481 e. The maximum Gasteiger partial charge on any atom is 0.303 e. The van der Waals surface area contributed by atoms with Gasteiger partial charge in [-0.1, -0.05) is 83.3 Å². The van der Waals surface area contributed by atoms with Crippen LogP contribution in [0.5, 0.6) is 0 Å². The van der Waals surface area contributed by atoms with Gasteiger partial charge in [-0.05, 0) is 18.3 Å². The normalized spacial score (nSPS) is 21.1. The zero-order valence-electron chi connectivity index (χ0n) is 13.2. The second-order valence-electron chi connectivity index (χ2n) is 6.36. The summed E-state index contributed by atoms with van der Waals surface area (Å²) in [5.41, 5.74) is 1.18. The van der Waals surface area contributed by atoms with Crippen LogP contribution in [0.4, 0.5) is 0 Å². The van der Waals surface area contributed by atoms with Gasteiger partial charge in [0.1, 0.15) is 0 Å². The van der Waals surface area contributed by atoms with Crippen LogP contribution >= 0.6 is 0 Å². The van der Waals surface area contributed by atoms with Crippen LogP contribution in [0.2, 0.25) is 0 Å². The van der Waals surface area contributed by atoms with Gasteiger partial charge in [0.15, 0.2) is 0 Å². The number of allylic oxidation sites excluding steroid dienone is 1. The van der Waals surface area contributed by atoms with Crippen LogP contribution in [0, 0.1) is 11.8 Å². The first-order chi connectivity index (χ1) is 9.66. The Bertz CT molecular complexity index is 296. The van der Waals surface area contributed by atoms with E-state index in [4.69, 9.17) is 5.11 Å². The highest BCUT2D eigenvalue weighted by molar-refractivity contribution is 5.69. The summed E-state index contributed by atoms with van der Waals surface area (Å²) in [4.78, 5) is 10.6. The summed E-state index contributed by atoms with van der Waals surface area (Å²) in [6.45, 7) is 6.24. The first-order valence-corrected chi connectivity index (χ1v) is 8.57. The Morgan fingerprint density at radius 1 is 0.950 bits per heavy atom. The van der Waals surface area contributed by atoms with Crippen LogP contribution in [0.25, 0.3) is 0 Å². The first kappa shape index (κ1) is 17.3. The molecule has 0 bridgehead atoms. The highest BCUT2D eigenvalue weighted by Crippen LogP contribution is 2.49. The van der Waals surface area contributed by atoms with E-state index in [0.717, 1.165) is 6.42 Å². The molecule has 1 saturated carbocycles. The molecule has 1 aliphatic rings. The molecule has 0 amide bonds. The molecule has 0 saturated heterocycles. The quantitative estimate of drug-likeness (QED) is 0.353. The summed E-state index contributed by atoms with van der Waals surface area (Å²) >= 11 is 0. The van der Waals surface area contributed by atoms with Crippen LogP contribution in [-0.2, 0) is 4.79 Å². The third kappa shape index (κ3) is 7.12. The van der Waals surface area contributed by atoms with Gasteiger partial charge in [0, 0.05) is 0 Å². The minimum Gasteiger partial charge on any atom is -0.481 e. The standard InChI is InChI=1S/C18H32O2/c1-3-4-5-6-7-8-9-10-11-12-13-16-15(2)17(16)14-18(19)20/h16-17H,2-14H2,1H3,(H,19,20)/t16-,17+/m1/s1. The molecule has 116 valence electrons. The Morgan fingerprint density at radius 2 is 1.45 bits per heavy atom. The lowest BCUT2D eigenvalue weighted by Gasteiger charge is -2.02. The molecule has 1 fully saturated rings. The molecular weight excluding hydrogens is 248 g/mol. The molecule has 0 radical (unpaired) electrons. The number of aliphatic carboxylic acids is 1. The molecule has 0 spiro atoms. The van der Waals surface area contributed by atoms with Crippen molar-refractivity contribution in [2.45, 2.75) is 84.0 Å². The number of carboxylic acid groups (broad SMARTS) is 1. The van der Waals surface area contributed by atoms with Crippen LogP contribution < -0.4 is 0 Å². The second-order valence-corrected chi connectivity index (χ2v) is 6.36. The minimum atomic E-state index is -0.679. The SMILES string of the molecule is C=C1[C@@H](CCCCCCCCCCCC)[C@H]1CC(=O)O. The number of hydrogen-bond donors (Lipinski definition) is 1. The lowest BCUT2D eigenvalue weighted by molar-refractivity contribution is -0.137. The highest BCUT2D eigenvalue weighted by Gasteiger charge is 2.42. The number of rotatable bonds is 13. The smallest absolute Gasteiger partial charge is 0.303 e. The van der Waals surface area contributed by atoms with Gasteiger partial charge in [0.05, 0.1) is 6.42 Å². The molecule has 0 heterocycles. The number of unbranched alkanes of at least 4 members (excludes halogenated alkanes) is 9. The lowest BCUT2D eigenvalue weighted by Crippen LogP contribution is -1.97. The van der Waals surface area contributed by atoms with Crippen molar-refractivity contribution in [2.24, 2.45) is 11.8 Å². The van der Waals surface area contributed by atoms with Crippen molar-refractivity contribution >= 4 is 5.97 Å². The molecule has 1 rings (SSSR count). The molecule has 0 unspecified atom stereocenters. The Labute approximate surface area is 124 Å². The van der Waals surface area contributed by atoms with Crippen molar-refractivity contribution in [3.63, 3.8) is 0 Å². The lowest BCUT2D eigenvalue weighted by atomic mass is 10.0. The van der Waals surface area contributed by atoms with Crippen molar-refractivity contribution in [3.05, 3.63) is 12.2 Å². The molecule has 0 aromatic heterocycles. The maximum absolute atomic E-state index is 10.6. The topological polar surface area (TPSA) is 37.3 Å². The highest BCUT2D eigenvalue weighted by atomic mass is 16.4. The predicted molar refractivity (Wildman–Crippen MR) is 84.8 cm³/mol. The van der Waals surface area contributed by atoms with Gasteiger partial charge in [-0.3, -0.25) is 4.79 Å². The maximum atomic E-state index is 10.6. The third-order valence-corrected chi connectivity index (χ3v) is 4.59. The van der Waals surface area contributed by atoms with Crippen LogP contribution in [-0.4, -0.2) is 11.1 Å². The molecule has 0 aromatic carbocycles. The van der Waals surface area contributed by atoms with E-state index in [-0.39, 0.29) is 5.92 Å². The third-order valence-electron chi connectivity index (χ3n) is 4.59. The number of carbonyl (C=O) groups is 1. The van der Waals surface area contributed by atoms with E-state index in [2.05, 4.69) is 13.5 Å². The monoisotopic (exact) mass is 280 g/mol. The van der Waals surface area contributed by atoms with E-state index in [1.807, 2.05) is 0 Å². The summed E-state index contributed by atoms with van der Waals surface area (Å²) in [7, 11) is 0. The van der Waals surface area contributed by atoms with Gasteiger partial charge in [0.25, 0.3) is 0 Å². The molecule has 0 aromatic rings. The molecule has 0 aliphatic heterocycles. The van der Waals surface area contributed by atoms with Crippen molar-refractivity contribution in [3.8, 4) is 0 Å². The van der Waals surface area contributed by atoms with Crippen molar-refractivity contribution in [1.82, 2.24) is 0 Å². The first-order valence-electron chi connectivity index (χ1n) is 8.57. The molecule has 1 N–H and O–H groups in total. The van der Waals surface area contributed by atoms with Crippen LogP contribution in [0.3, 0.4) is 0 Å². The van der Waals surface area contributed by atoms with Crippen molar-refractivity contribution in [2.75, 3.05) is 0 Å². The number of carboxylic acids is 1. The fraction of sp³-hybridized carbons (Fsp3) is 0.833. The van der Waals surface area contributed by atoms with E-state index in [1.165, 1.54) is 69.8 Å². The van der Waals surface area contributed by atoms with Crippen molar-refractivity contribution < 1.29 is 9.90 Å². The van der Waals surface area contributed by atoms with E-state index >= 15 is 0 Å². The van der Waals surface area contributed by atoms with Crippen LogP contribution in [0.1, 0.15) is 84.0 Å². The summed E-state index contributed by atoms with van der Waals surface area (Å²) < 4.78 is 0. The van der Waals surface area contributed by atoms with Crippen LogP contribution in [0.15, 0.2) is 12.2 Å². The Morgan fingerprint density at radius 3 is 1.95 bits per heavy atom. The molecule has 20 heavy (non-hydrogen) atoms. The Balaban J connectivity index is 1.84. The summed E-state index contributed by atoms with van der Waals surface area (Å²) in [6.07, 6.45) is 15.0. The fourth-order valence-corrected chi connectivity index (χ4v) is 3.14. The minimum absolute atomic E-state index is 0.283. The fourth-order valence-electron chi connectivity index (χ4n) is 3.14. The Hall–Kier alpha value is -0.790. The van der Waals surface area contributed by atoms with E-state index in [0.29, 0.717) is 12.3 Å². The van der Waals surface area contributed by atoms with E-state index < -0.39 is 5.97 Å². The molecule has 2 heteroatoms. The van der Waals surface area contributed by atoms with Gasteiger partial charge in [-0.25, -0.2) is 0 Å². The number of hydrogen-bond acceptors (Lipinski definition) is 1. The predicted octanol–water partition coefficient (Wildman–Crippen LogP) is 5.57. The second kappa shape index (κ2) is 10.0. The molecule has 1 aliphatic carbocycles. The molecule has 2 nitrogen and oxygen atoms in total. The van der Waals surface area contributed by atoms with E-state index in [9.17, 15) is 4.79 Å². The Kier molecular flexibility index (Phi) is 8.64. The zero-order chi connectivity index (χ0) is 14.8. The summed E-state index contributed by atoms with van der Waals surface area (Å²) in [5, 5.41) is 8.76. The van der Waals surface area contributed by atoms with Gasteiger partial charge in [-0.15, -0.1) is 0 Å². The summed E-state index contributed by atoms with van der Waals surface area (Å²) in [5.74, 6) is 0.118.